The van der Waals surface area contributed by atoms with Crippen molar-refractivity contribution in [2.24, 2.45) is 0 Å². The van der Waals surface area contributed by atoms with Crippen LogP contribution in [0.5, 0.6) is 0 Å². The van der Waals surface area contributed by atoms with Gasteiger partial charge in [-0.15, -0.1) is 0 Å². The van der Waals surface area contributed by atoms with Gasteiger partial charge in [0.2, 0.25) is 0 Å². The number of carboxylic acids is 1. The predicted molar refractivity (Wildman–Crippen MR) is 70.2 cm³/mol. The number of aromatic carboxylic acids is 1. The lowest BCUT2D eigenvalue weighted by molar-refractivity contribution is -0.384. The van der Waals surface area contributed by atoms with Gasteiger partial charge in [-0.2, -0.15) is 0 Å². The van der Waals surface area contributed by atoms with E-state index in [0.717, 1.165) is 11.1 Å². The monoisotopic (exact) mass is 257 g/mol. The van der Waals surface area contributed by atoms with E-state index in [2.05, 4.69) is 0 Å². The Balaban J connectivity index is 2.50. The maximum Gasteiger partial charge on any atom is 0.335 e. The molecule has 5 nitrogen and oxygen atoms in total. The average Bonchev–Trinajstić information content (AvgIpc) is 2.38. The van der Waals surface area contributed by atoms with E-state index in [9.17, 15) is 14.9 Å². The number of nitrogens with zero attached hydrogens (tertiary/aromatic N) is 1. The third-order valence-corrected chi connectivity index (χ3v) is 2.84. The van der Waals surface area contributed by atoms with Crippen LogP contribution in [0, 0.1) is 17.0 Å². The Bertz CT molecular complexity index is 664. The van der Waals surface area contributed by atoms with E-state index in [1.807, 2.05) is 0 Å². The van der Waals surface area contributed by atoms with Gasteiger partial charge in [0.05, 0.1) is 10.5 Å². The molecule has 2 aromatic carbocycles. The molecule has 0 bridgehead atoms. The number of nitro groups is 1. The molecule has 0 aliphatic rings. The minimum absolute atomic E-state index is 0.0132. The number of rotatable bonds is 3. The summed E-state index contributed by atoms with van der Waals surface area (Å²) in [5, 5.41) is 19.6. The van der Waals surface area contributed by atoms with Gasteiger partial charge in [-0.1, -0.05) is 18.2 Å². The summed E-state index contributed by atoms with van der Waals surface area (Å²) < 4.78 is 0. The summed E-state index contributed by atoms with van der Waals surface area (Å²) in [5.41, 5.74) is 2.46. The topological polar surface area (TPSA) is 80.4 Å². The van der Waals surface area contributed by atoms with Crippen LogP contribution in [-0.2, 0) is 0 Å². The number of carboxylic acid groups (broad SMARTS) is 1. The van der Waals surface area contributed by atoms with E-state index in [1.54, 1.807) is 31.2 Å². The van der Waals surface area contributed by atoms with Gasteiger partial charge in [-0.25, -0.2) is 4.79 Å². The summed E-state index contributed by atoms with van der Waals surface area (Å²) in [6, 6.07) is 11.0. The van der Waals surface area contributed by atoms with Crippen LogP contribution in [0.25, 0.3) is 11.1 Å². The smallest absolute Gasteiger partial charge is 0.335 e. The van der Waals surface area contributed by atoms with Gasteiger partial charge in [-0.05, 0) is 35.7 Å². The third kappa shape index (κ3) is 2.60. The standard InChI is InChI=1S/C14H11NO4/c1-9-7-11(14(16)17)5-6-13(9)10-3-2-4-12(8-10)15(18)19/h2-8H,1H3,(H,16,17). The van der Waals surface area contributed by atoms with E-state index in [1.165, 1.54) is 18.2 Å². The van der Waals surface area contributed by atoms with Crippen molar-refractivity contribution in [3.05, 3.63) is 63.7 Å². The molecule has 0 radical (unpaired) electrons. The summed E-state index contributed by atoms with van der Waals surface area (Å²) in [6.45, 7) is 1.78. The van der Waals surface area contributed by atoms with Crippen LogP contribution in [-0.4, -0.2) is 16.0 Å². The Morgan fingerprint density at radius 1 is 1.21 bits per heavy atom. The zero-order valence-electron chi connectivity index (χ0n) is 10.2. The highest BCUT2D eigenvalue weighted by molar-refractivity contribution is 5.89. The normalized spacial score (nSPS) is 10.2. The summed E-state index contributed by atoms with van der Waals surface area (Å²) in [6.07, 6.45) is 0. The van der Waals surface area contributed by atoms with Crippen LogP contribution < -0.4 is 0 Å². The third-order valence-electron chi connectivity index (χ3n) is 2.84. The average molecular weight is 257 g/mol. The van der Waals surface area contributed by atoms with Crippen molar-refractivity contribution in [2.45, 2.75) is 6.92 Å². The molecular formula is C14H11NO4. The van der Waals surface area contributed by atoms with Crippen LogP contribution in [0.1, 0.15) is 15.9 Å². The molecule has 0 saturated carbocycles. The first-order valence-electron chi connectivity index (χ1n) is 5.58. The minimum atomic E-state index is -0.992. The molecule has 0 aliphatic carbocycles. The molecule has 2 rings (SSSR count). The van der Waals surface area contributed by atoms with Gasteiger partial charge in [0.15, 0.2) is 0 Å². The molecule has 0 heterocycles. The second-order valence-electron chi connectivity index (χ2n) is 4.14. The van der Waals surface area contributed by atoms with Crippen molar-refractivity contribution in [1.82, 2.24) is 0 Å². The van der Waals surface area contributed by atoms with Crippen molar-refractivity contribution >= 4 is 11.7 Å². The summed E-state index contributed by atoms with van der Waals surface area (Å²) >= 11 is 0. The molecule has 19 heavy (non-hydrogen) atoms. The quantitative estimate of drug-likeness (QED) is 0.675. The van der Waals surface area contributed by atoms with Crippen molar-refractivity contribution in [3.63, 3.8) is 0 Å². The molecule has 0 saturated heterocycles. The van der Waals surface area contributed by atoms with Gasteiger partial charge in [-0.3, -0.25) is 10.1 Å². The molecule has 2 aromatic rings. The van der Waals surface area contributed by atoms with Gasteiger partial charge in [0.25, 0.3) is 5.69 Å². The number of benzene rings is 2. The van der Waals surface area contributed by atoms with Crippen LogP contribution >= 0.6 is 0 Å². The summed E-state index contributed by atoms with van der Waals surface area (Å²) in [5.74, 6) is -0.992. The lowest BCUT2D eigenvalue weighted by Gasteiger charge is -2.07. The SMILES string of the molecule is Cc1cc(C(=O)O)ccc1-c1cccc([N+](=O)[O-])c1. The van der Waals surface area contributed by atoms with Gasteiger partial charge in [0, 0.05) is 12.1 Å². The van der Waals surface area contributed by atoms with Crippen LogP contribution in [0.3, 0.4) is 0 Å². The minimum Gasteiger partial charge on any atom is -0.478 e. The van der Waals surface area contributed by atoms with E-state index < -0.39 is 10.9 Å². The van der Waals surface area contributed by atoms with Crippen molar-refractivity contribution in [3.8, 4) is 11.1 Å². The predicted octanol–water partition coefficient (Wildman–Crippen LogP) is 3.27. The van der Waals surface area contributed by atoms with Crippen molar-refractivity contribution < 1.29 is 14.8 Å². The van der Waals surface area contributed by atoms with Gasteiger partial charge < -0.3 is 5.11 Å². The molecule has 1 N–H and O–H groups in total. The summed E-state index contributed by atoms with van der Waals surface area (Å²) in [4.78, 5) is 21.1. The molecule has 0 unspecified atom stereocenters. The number of hydrogen-bond donors (Lipinski definition) is 1. The Morgan fingerprint density at radius 3 is 2.53 bits per heavy atom. The zero-order valence-corrected chi connectivity index (χ0v) is 10.2. The lowest BCUT2D eigenvalue weighted by Crippen LogP contribution is -1.97. The van der Waals surface area contributed by atoms with E-state index in [4.69, 9.17) is 5.11 Å². The van der Waals surface area contributed by atoms with E-state index in [0.29, 0.717) is 5.56 Å². The fourth-order valence-electron chi connectivity index (χ4n) is 1.91. The van der Waals surface area contributed by atoms with Gasteiger partial charge in [0.1, 0.15) is 0 Å². The number of nitro benzene ring substituents is 1. The molecule has 5 heteroatoms. The highest BCUT2D eigenvalue weighted by Crippen LogP contribution is 2.27. The number of carbonyl (C=O) groups is 1. The fraction of sp³-hybridized carbons (Fsp3) is 0.0714. The second kappa shape index (κ2) is 4.89. The molecule has 0 amide bonds. The highest BCUT2D eigenvalue weighted by Gasteiger charge is 2.10. The van der Waals surface area contributed by atoms with E-state index >= 15 is 0 Å². The Labute approximate surface area is 109 Å². The number of hydrogen-bond acceptors (Lipinski definition) is 3. The highest BCUT2D eigenvalue weighted by atomic mass is 16.6. The molecule has 0 spiro atoms. The first-order chi connectivity index (χ1) is 8.99. The number of aryl methyl sites for hydroxylation is 1. The molecular weight excluding hydrogens is 246 g/mol. The first-order valence-corrected chi connectivity index (χ1v) is 5.58. The molecule has 0 atom stereocenters. The van der Waals surface area contributed by atoms with Crippen molar-refractivity contribution in [1.29, 1.82) is 0 Å². The molecule has 0 aromatic heterocycles. The maximum atomic E-state index is 10.9. The van der Waals surface area contributed by atoms with Gasteiger partial charge >= 0.3 is 5.97 Å². The molecule has 0 aliphatic heterocycles. The Kier molecular flexibility index (Phi) is 3.29. The first kappa shape index (κ1) is 12.8. The second-order valence-corrected chi connectivity index (χ2v) is 4.14. The lowest BCUT2D eigenvalue weighted by atomic mass is 9.98. The fourth-order valence-corrected chi connectivity index (χ4v) is 1.91. The zero-order chi connectivity index (χ0) is 14.0. The maximum absolute atomic E-state index is 10.9. The van der Waals surface area contributed by atoms with Crippen LogP contribution in [0.15, 0.2) is 42.5 Å². The number of non-ortho nitro benzene ring substituents is 1. The molecule has 96 valence electrons. The summed E-state index contributed by atoms with van der Waals surface area (Å²) in [7, 11) is 0. The van der Waals surface area contributed by atoms with Crippen LogP contribution in [0.4, 0.5) is 5.69 Å². The Hall–Kier alpha value is -2.69. The Morgan fingerprint density at radius 2 is 1.95 bits per heavy atom. The molecule has 0 fully saturated rings. The largest absolute Gasteiger partial charge is 0.478 e. The van der Waals surface area contributed by atoms with Crippen molar-refractivity contribution in [2.75, 3.05) is 0 Å². The van der Waals surface area contributed by atoms with Crippen LogP contribution in [0.2, 0.25) is 0 Å². The van der Waals surface area contributed by atoms with E-state index in [-0.39, 0.29) is 11.3 Å².